The van der Waals surface area contributed by atoms with Gasteiger partial charge in [-0.2, -0.15) is 0 Å². The fourth-order valence-electron chi connectivity index (χ4n) is 2.09. The second-order valence-electron chi connectivity index (χ2n) is 5.79. The zero-order chi connectivity index (χ0) is 14.9. The van der Waals surface area contributed by atoms with E-state index in [1.807, 2.05) is 0 Å². The smallest absolute Gasteiger partial charge is 0.329 e. The molecule has 1 rings (SSSR count). The van der Waals surface area contributed by atoms with Gasteiger partial charge in [0.15, 0.2) is 0 Å². The van der Waals surface area contributed by atoms with Gasteiger partial charge in [0.1, 0.15) is 15.4 Å². The van der Waals surface area contributed by atoms with Crippen molar-refractivity contribution >= 4 is 21.7 Å². The number of hydrogen-bond donors (Lipinski definition) is 2. The predicted molar refractivity (Wildman–Crippen MR) is 70.5 cm³/mol. The van der Waals surface area contributed by atoms with E-state index < -0.39 is 32.7 Å². The first kappa shape index (κ1) is 15.9. The van der Waals surface area contributed by atoms with E-state index in [-0.39, 0.29) is 18.6 Å². The van der Waals surface area contributed by atoms with Gasteiger partial charge in [-0.1, -0.05) is 6.92 Å². The van der Waals surface area contributed by atoms with Gasteiger partial charge in [0.05, 0.1) is 5.75 Å². The van der Waals surface area contributed by atoms with Crippen LogP contribution >= 0.6 is 0 Å². The molecular weight excluding hydrogens is 270 g/mol. The lowest BCUT2D eigenvalue weighted by Crippen LogP contribution is -2.52. The predicted octanol–water partition coefficient (Wildman–Crippen LogP) is 0.571. The number of amides is 1. The molecule has 1 saturated carbocycles. The van der Waals surface area contributed by atoms with Crippen molar-refractivity contribution in [2.45, 2.75) is 45.1 Å². The lowest BCUT2D eigenvalue weighted by atomic mass is 9.97. The van der Waals surface area contributed by atoms with E-state index in [0.717, 1.165) is 6.26 Å². The number of nitrogens with one attached hydrogen (secondary N) is 1. The quantitative estimate of drug-likeness (QED) is 0.714. The summed E-state index contributed by atoms with van der Waals surface area (Å²) in [7, 11) is -3.13. The van der Waals surface area contributed by atoms with E-state index in [0.29, 0.717) is 12.8 Å². The van der Waals surface area contributed by atoms with Gasteiger partial charge < -0.3 is 10.4 Å². The second kappa shape index (κ2) is 5.11. The van der Waals surface area contributed by atoms with Crippen LogP contribution in [0.1, 0.15) is 39.5 Å². The van der Waals surface area contributed by atoms with Crippen molar-refractivity contribution in [2.24, 2.45) is 5.41 Å². The van der Waals surface area contributed by atoms with Gasteiger partial charge >= 0.3 is 5.97 Å². The number of aliphatic carboxylic acids is 1. The van der Waals surface area contributed by atoms with Crippen LogP contribution in [0.25, 0.3) is 0 Å². The summed E-state index contributed by atoms with van der Waals surface area (Å²) in [5, 5.41) is 11.6. The molecule has 0 aromatic carbocycles. The van der Waals surface area contributed by atoms with Crippen molar-refractivity contribution in [3.05, 3.63) is 0 Å². The van der Waals surface area contributed by atoms with E-state index in [9.17, 15) is 18.0 Å². The third kappa shape index (κ3) is 4.49. The van der Waals surface area contributed by atoms with Crippen LogP contribution in [-0.2, 0) is 19.4 Å². The lowest BCUT2D eigenvalue weighted by Gasteiger charge is -2.25. The molecule has 1 fully saturated rings. The first-order chi connectivity index (χ1) is 8.52. The average molecular weight is 291 g/mol. The Kier molecular flexibility index (Phi) is 4.29. The number of carbonyl (C=O) groups excluding carboxylic acids is 1. The summed E-state index contributed by atoms with van der Waals surface area (Å²) >= 11 is 0. The van der Waals surface area contributed by atoms with Gasteiger partial charge in [-0.3, -0.25) is 4.79 Å². The summed E-state index contributed by atoms with van der Waals surface area (Å²) in [6.45, 7) is 3.13. The van der Waals surface area contributed by atoms with E-state index in [1.165, 1.54) is 6.92 Å². The standard InChI is InChI=1S/C12H21NO5S/c1-4-11(2,10(15)16)13-9(14)7-12(5-6-12)8-19(3,17)18/h4-8H2,1-3H3,(H,13,14)(H,15,16). The topological polar surface area (TPSA) is 101 Å². The number of carboxylic acid groups (broad SMARTS) is 1. The molecule has 0 saturated heterocycles. The number of sulfone groups is 1. The maximum atomic E-state index is 11.9. The third-order valence-electron chi connectivity index (χ3n) is 3.66. The van der Waals surface area contributed by atoms with Crippen LogP contribution in [0.4, 0.5) is 0 Å². The largest absolute Gasteiger partial charge is 0.480 e. The van der Waals surface area contributed by atoms with Crippen LogP contribution in [0.5, 0.6) is 0 Å². The van der Waals surface area contributed by atoms with E-state index in [2.05, 4.69) is 5.32 Å². The molecule has 0 aliphatic heterocycles. The van der Waals surface area contributed by atoms with Crippen LogP contribution in [0.2, 0.25) is 0 Å². The maximum Gasteiger partial charge on any atom is 0.329 e. The fraction of sp³-hybridized carbons (Fsp3) is 0.833. The molecule has 0 bridgehead atoms. The first-order valence-electron chi connectivity index (χ1n) is 6.24. The summed E-state index contributed by atoms with van der Waals surface area (Å²) in [6, 6.07) is 0. The Morgan fingerprint density at radius 2 is 1.89 bits per heavy atom. The maximum absolute atomic E-state index is 11.9. The summed E-state index contributed by atoms with van der Waals surface area (Å²) in [6.07, 6.45) is 2.89. The SMILES string of the molecule is CCC(C)(NC(=O)CC1(CS(C)(=O)=O)CC1)C(=O)O. The van der Waals surface area contributed by atoms with E-state index in [1.54, 1.807) is 6.92 Å². The van der Waals surface area contributed by atoms with Gasteiger partial charge in [-0.15, -0.1) is 0 Å². The molecule has 1 aliphatic carbocycles. The molecule has 19 heavy (non-hydrogen) atoms. The Labute approximate surface area is 113 Å². The molecule has 6 nitrogen and oxygen atoms in total. The highest BCUT2D eigenvalue weighted by Gasteiger charge is 2.47. The summed E-state index contributed by atoms with van der Waals surface area (Å²) < 4.78 is 22.6. The highest BCUT2D eigenvalue weighted by Crippen LogP contribution is 2.49. The Bertz CT molecular complexity index is 480. The minimum atomic E-state index is -3.13. The van der Waals surface area contributed by atoms with Crippen molar-refractivity contribution in [3.63, 3.8) is 0 Å². The highest BCUT2D eigenvalue weighted by atomic mass is 32.2. The summed E-state index contributed by atoms with van der Waals surface area (Å²) in [5.41, 5.74) is -1.77. The van der Waals surface area contributed by atoms with Crippen LogP contribution in [0, 0.1) is 5.41 Å². The number of carbonyl (C=O) groups is 2. The zero-order valence-electron chi connectivity index (χ0n) is 11.5. The van der Waals surface area contributed by atoms with Crippen LogP contribution in [0.15, 0.2) is 0 Å². The number of carboxylic acids is 1. The Balaban J connectivity index is 2.64. The van der Waals surface area contributed by atoms with E-state index >= 15 is 0 Å². The molecule has 0 aromatic heterocycles. The molecule has 0 heterocycles. The number of rotatable bonds is 7. The van der Waals surface area contributed by atoms with E-state index in [4.69, 9.17) is 5.11 Å². The molecular formula is C12H21NO5S. The average Bonchev–Trinajstić information content (AvgIpc) is 2.93. The normalized spacial score (nSPS) is 20.4. The summed E-state index contributed by atoms with van der Waals surface area (Å²) in [4.78, 5) is 23.0. The Morgan fingerprint density at radius 1 is 1.37 bits per heavy atom. The number of hydrogen-bond acceptors (Lipinski definition) is 4. The van der Waals surface area contributed by atoms with Crippen LogP contribution in [0.3, 0.4) is 0 Å². The van der Waals surface area contributed by atoms with Crippen molar-refractivity contribution in [1.82, 2.24) is 5.32 Å². The molecule has 110 valence electrons. The third-order valence-corrected chi connectivity index (χ3v) is 4.79. The minimum absolute atomic E-state index is 0.0106. The summed E-state index contributed by atoms with van der Waals surface area (Å²) in [5.74, 6) is -1.49. The molecule has 1 atom stereocenters. The van der Waals surface area contributed by atoms with Gasteiger partial charge in [0.2, 0.25) is 5.91 Å². The molecule has 0 spiro atoms. The van der Waals surface area contributed by atoms with Gasteiger partial charge in [0, 0.05) is 12.7 Å². The molecule has 7 heteroatoms. The highest BCUT2D eigenvalue weighted by molar-refractivity contribution is 7.90. The van der Waals surface area contributed by atoms with Gasteiger partial charge in [-0.05, 0) is 31.6 Å². The molecule has 1 amide bonds. The fourth-order valence-corrected chi connectivity index (χ4v) is 3.59. The van der Waals surface area contributed by atoms with Crippen molar-refractivity contribution in [3.8, 4) is 0 Å². The van der Waals surface area contributed by atoms with Gasteiger partial charge in [0.25, 0.3) is 0 Å². The zero-order valence-corrected chi connectivity index (χ0v) is 12.3. The molecule has 2 N–H and O–H groups in total. The second-order valence-corrected chi connectivity index (χ2v) is 7.93. The van der Waals surface area contributed by atoms with Crippen molar-refractivity contribution < 1.29 is 23.1 Å². The molecule has 1 unspecified atom stereocenters. The lowest BCUT2D eigenvalue weighted by molar-refractivity contribution is -0.147. The van der Waals surface area contributed by atoms with Crippen molar-refractivity contribution in [2.75, 3.05) is 12.0 Å². The Morgan fingerprint density at radius 3 is 2.21 bits per heavy atom. The molecule has 0 aromatic rings. The minimum Gasteiger partial charge on any atom is -0.480 e. The first-order valence-corrected chi connectivity index (χ1v) is 8.30. The molecule has 1 aliphatic rings. The van der Waals surface area contributed by atoms with Gasteiger partial charge in [-0.25, -0.2) is 13.2 Å². The van der Waals surface area contributed by atoms with Crippen molar-refractivity contribution in [1.29, 1.82) is 0 Å². The van der Waals surface area contributed by atoms with Crippen LogP contribution < -0.4 is 5.32 Å². The van der Waals surface area contributed by atoms with Crippen LogP contribution in [-0.4, -0.2) is 42.9 Å². The monoisotopic (exact) mass is 291 g/mol. The Hall–Kier alpha value is -1.11. The molecule has 0 radical (unpaired) electrons.